The van der Waals surface area contributed by atoms with Gasteiger partial charge in [-0.05, 0) is 36.5 Å². The second-order valence-electron chi connectivity index (χ2n) is 15.3. The van der Waals surface area contributed by atoms with Crippen LogP contribution in [-0.4, -0.2) is 107 Å². The molecule has 0 bridgehead atoms. The van der Waals surface area contributed by atoms with Crippen molar-refractivity contribution in [1.82, 2.24) is 0 Å². The van der Waals surface area contributed by atoms with E-state index in [1.165, 1.54) is 26.4 Å². The van der Waals surface area contributed by atoms with Gasteiger partial charge in [-0.15, -0.1) is 0 Å². The molecule has 13 atom stereocenters. The molecule has 0 aromatic carbocycles. The highest BCUT2D eigenvalue weighted by molar-refractivity contribution is 5.76. The Morgan fingerprint density at radius 3 is 2.24 bits per heavy atom. The quantitative estimate of drug-likeness (QED) is 0.113. The molecule has 16 heteroatoms. The highest BCUT2D eigenvalue weighted by Crippen LogP contribution is 2.69. The topological polar surface area (TPSA) is 232 Å². The Balaban J connectivity index is 2.16. The van der Waals surface area contributed by atoms with E-state index in [4.69, 9.17) is 32.8 Å². The summed E-state index contributed by atoms with van der Waals surface area (Å²) in [7, 11) is 1.12. The first-order valence-electron chi connectivity index (χ1n) is 17.9. The summed E-state index contributed by atoms with van der Waals surface area (Å²) in [4.78, 5) is 78.8. The number of carbonyl (C=O) groups excluding carboxylic acids is 6. The van der Waals surface area contributed by atoms with Gasteiger partial charge in [-0.2, -0.15) is 0 Å². The molecular weight excluding hydrogens is 712 g/mol. The van der Waals surface area contributed by atoms with Gasteiger partial charge in [-0.1, -0.05) is 40.7 Å². The van der Waals surface area contributed by atoms with E-state index >= 15 is 0 Å². The monoisotopic (exact) mass is 764 g/mol. The van der Waals surface area contributed by atoms with Crippen LogP contribution in [0.4, 0.5) is 0 Å². The van der Waals surface area contributed by atoms with Crippen molar-refractivity contribution in [3.63, 3.8) is 0 Å². The largest absolute Gasteiger partial charge is 0.472 e. The van der Waals surface area contributed by atoms with E-state index in [0.717, 1.165) is 21.0 Å². The number of furan rings is 1. The van der Waals surface area contributed by atoms with Crippen molar-refractivity contribution < 1.29 is 76.9 Å². The molecule has 2 heterocycles. The Hall–Kier alpha value is -4.28. The summed E-state index contributed by atoms with van der Waals surface area (Å²) in [6.07, 6.45) is -6.16. The fraction of sp³-hybridized carbons (Fsp3) is 0.684. The predicted molar refractivity (Wildman–Crippen MR) is 184 cm³/mol. The first-order chi connectivity index (χ1) is 25.2. The summed E-state index contributed by atoms with van der Waals surface area (Å²) < 4.78 is 39.9. The molecule has 1 saturated heterocycles. The second kappa shape index (κ2) is 15.8. The number of esters is 5. The number of aliphatic hydroxyl groups is 3. The molecular formula is C38H52O16. The average Bonchev–Trinajstić information content (AvgIpc) is 3.71. The molecule has 1 unspecified atom stereocenters. The third-order valence-electron chi connectivity index (χ3n) is 12.4. The third kappa shape index (κ3) is 6.92. The fourth-order valence-corrected chi connectivity index (χ4v) is 9.47. The zero-order chi connectivity index (χ0) is 40.6. The number of methoxy groups -OCH3 is 1. The third-order valence-corrected chi connectivity index (χ3v) is 12.4. The molecule has 4 rings (SSSR count). The zero-order valence-electron chi connectivity index (χ0n) is 31.9. The molecule has 0 radical (unpaired) electrons. The highest BCUT2D eigenvalue weighted by atomic mass is 16.6. The number of hydrogen-bond donors (Lipinski definition) is 3. The first-order valence-corrected chi connectivity index (χ1v) is 17.9. The number of fused-ring (bicyclic) bond motifs is 1. The number of cyclic esters (lactones) is 1. The molecule has 0 spiro atoms. The molecule has 1 aliphatic heterocycles. The normalized spacial score (nSPS) is 37.4. The molecule has 2 saturated carbocycles. The van der Waals surface area contributed by atoms with Crippen molar-refractivity contribution in [2.75, 3.05) is 13.7 Å². The summed E-state index contributed by atoms with van der Waals surface area (Å²) in [6.45, 7) is 13.6. The predicted octanol–water partition coefficient (Wildman–Crippen LogP) is 2.30. The van der Waals surface area contributed by atoms with E-state index in [1.807, 2.05) is 0 Å². The Kier molecular flexibility index (Phi) is 12.4. The van der Waals surface area contributed by atoms with E-state index in [1.54, 1.807) is 26.8 Å². The van der Waals surface area contributed by atoms with E-state index in [9.17, 15) is 44.1 Å². The SMILES string of the molecule is C=C1[C@@H]([C@]2(C)C(CC(=O)OC)[C@@](C)(CO)OC(=O)C[C@@H]2OC(C)=O)[C@@H](OC=O)[C@H](OC(=O)[C@H](O)[C@@H](C)CC)[C@@]2(C)[C@H](c3ccoc3)C[C@@H](OC(C)=O)[C@]12O. The standard InChI is InChI=1S/C38H52O16/c1-10-19(2)31(45)34(46)53-33-32(50-18-40)30(20(3)38(47)27(52-22(5)42)13-24(37(33,38)8)23-11-12-49-16-23)36(7)25(14-28(43)48-9)35(6,17-39)54-29(44)15-26(36)51-21(4)41/h11-12,16,18-19,24-27,30-33,39,45,47H,3,10,13-15,17H2,1-2,4-9H3/t19-,24-,25?,26-,27+,30+,31+,32+,33-,35+,36+,37+,38+/m0/s1. The van der Waals surface area contributed by atoms with Crippen LogP contribution in [0.15, 0.2) is 35.2 Å². The van der Waals surface area contributed by atoms with E-state index in [2.05, 4.69) is 6.58 Å². The average molecular weight is 765 g/mol. The van der Waals surface area contributed by atoms with Crippen LogP contribution in [0.2, 0.25) is 0 Å². The molecule has 54 heavy (non-hydrogen) atoms. The van der Waals surface area contributed by atoms with Crippen LogP contribution in [0.1, 0.15) is 85.6 Å². The lowest BCUT2D eigenvalue weighted by molar-refractivity contribution is -0.251. The minimum absolute atomic E-state index is 0.0824. The fourth-order valence-electron chi connectivity index (χ4n) is 9.47. The van der Waals surface area contributed by atoms with E-state index in [0.29, 0.717) is 12.0 Å². The second-order valence-corrected chi connectivity index (χ2v) is 15.3. The van der Waals surface area contributed by atoms with Crippen LogP contribution in [0.5, 0.6) is 0 Å². The summed E-state index contributed by atoms with van der Waals surface area (Å²) in [6, 6.07) is 1.61. The maximum absolute atomic E-state index is 13.9. The first kappa shape index (κ1) is 42.5. The van der Waals surface area contributed by atoms with Crippen molar-refractivity contribution in [2.24, 2.45) is 28.6 Å². The maximum atomic E-state index is 13.9. The van der Waals surface area contributed by atoms with Crippen molar-refractivity contribution in [2.45, 2.75) is 122 Å². The Morgan fingerprint density at radius 1 is 1.09 bits per heavy atom. The number of carbonyl (C=O) groups is 6. The van der Waals surface area contributed by atoms with Crippen LogP contribution in [0, 0.1) is 28.6 Å². The van der Waals surface area contributed by atoms with Crippen LogP contribution < -0.4 is 0 Å². The molecule has 2 aliphatic carbocycles. The van der Waals surface area contributed by atoms with Crippen molar-refractivity contribution in [3.8, 4) is 0 Å². The van der Waals surface area contributed by atoms with Crippen molar-refractivity contribution in [1.29, 1.82) is 0 Å². The lowest BCUT2D eigenvalue weighted by atomic mass is 9.46. The van der Waals surface area contributed by atoms with Gasteiger partial charge in [0.05, 0.1) is 44.5 Å². The Labute approximate surface area is 313 Å². The van der Waals surface area contributed by atoms with Crippen LogP contribution in [0.25, 0.3) is 0 Å². The summed E-state index contributed by atoms with van der Waals surface area (Å²) in [5.74, 6) is -8.88. The van der Waals surface area contributed by atoms with Gasteiger partial charge in [0.1, 0.15) is 35.6 Å². The maximum Gasteiger partial charge on any atom is 0.335 e. The van der Waals surface area contributed by atoms with E-state index in [-0.39, 0.29) is 18.5 Å². The molecule has 1 aromatic heterocycles. The van der Waals surface area contributed by atoms with Crippen LogP contribution >= 0.6 is 0 Å². The Bertz CT molecular complexity index is 1610. The van der Waals surface area contributed by atoms with Gasteiger partial charge in [0, 0.05) is 37.0 Å². The molecule has 3 fully saturated rings. The van der Waals surface area contributed by atoms with Gasteiger partial charge in [-0.3, -0.25) is 24.0 Å². The van der Waals surface area contributed by atoms with Gasteiger partial charge < -0.3 is 48.2 Å². The molecule has 1 aromatic rings. The minimum atomic E-state index is -2.38. The smallest absolute Gasteiger partial charge is 0.335 e. The zero-order valence-corrected chi connectivity index (χ0v) is 31.9. The van der Waals surface area contributed by atoms with Crippen LogP contribution in [-0.2, 0) is 57.2 Å². The molecule has 3 N–H and O–H groups in total. The molecule has 16 nitrogen and oxygen atoms in total. The summed E-state index contributed by atoms with van der Waals surface area (Å²) >= 11 is 0. The van der Waals surface area contributed by atoms with Crippen molar-refractivity contribution >= 4 is 36.3 Å². The van der Waals surface area contributed by atoms with Gasteiger partial charge >= 0.3 is 29.8 Å². The van der Waals surface area contributed by atoms with Crippen molar-refractivity contribution in [3.05, 3.63) is 36.3 Å². The van der Waals surface area contributed by atoms with Gasteiger partial charge in [0.25, 0.3) is 6.47 Å². The Morgan fingerprint density at radius 2 is 1.72 bits per heavy atom. The minimum Gasteiger partial charge on any atom is -0.472 e. The lowest BCUT2D eigenvalue weighted by Crippen LogP contribution is -2.72. The van der Waals surface area contributed by atoms with E-state index < -0.39 is 126 Å². The van der Waals surface area contributed by atoms with Gasteiger partial charge in [-0.25, -0.2) is 4.79 Å². The number of hydrogen-bond acceptors (Lipinski definition) is 16. The van der Waals surface area contributed by atoms with Gasteiger partial charge in [0.15, 0.2) is 6.10 Å². The number of rotatable bonds is 13. The van der Waals surface area contributed by atoms with Gasteiger partial charge in [0.2, 0.25) is 0 Å². The summed E-state index contributed by atoms with van der Waals surface area (Å²) in [5.41, 5.74) is -7.64. The highest BCUT2D eigenvalue weighted by Gasteiger charge is 2.78. The molecule has 300 valence electrons. The van der Waals surface area contributed by atoms with Crippen LogP contribution in [0.3, 0.4) is 0 Å². The lowest BCUT2D eigenvalue weighted by Gasteiger charge is -2.62. The number of ether oxygens (including phenoxy) is 6. The number of aliphatic hydroxyl groups excluding tert-OH is 2. The molecule has 0 amide bonds. The molecule has 3 aliphatic rings. The summed E-state index contributed by atoms with van der Waals surface area (Å²) in [5, 5.41) is 35.4.